The van der Waals surface area contributed by atoms with Gasteiger partial charge in [-0.25, -0.2) is 4.79 Å². The van der Waals surface area contributed by atoms with Gasteiger partial charge in [0.15, 0.2) is 0 Å². The quantitative estimate of drug-likeness (QED) is 0.351. The third-order valence-electron chi connectivity index (χ3n) is 3.87. The number of urea groups is 1. The van der Waals surface area contributed by atoms with Crippen LogP contribution in [0, 0.1) is 0 Å². The summed E-state index contributed by atoms with van der Waals surface area (Å²) in [6.45, 7) is 3.99. The van der Waals surface area contributed by atoms with E-state index in [-0.39, 0.29) is 17.3 Å². The highest BCUT2D eigenvalue weighted by Crippen LogP contribution is 2.27. The highest BCUT2D eigenvalue weighted by atomic mass is 35.5. The van der Waals surface area contributed by atoms with E-state index >= 15 is 0 Å². The number of phenols is 1. The van der Waals surface area contributed by atoms with Crippen LogP contribution in [-0.2, 0) is 4.79 Å². The number of benzene rings is 2. The Morgan fingerprint density at radius 1 is 1.00 bits per heavy atom. The Balaban J connectivity index is 2.01. The van der Waals surface area contributed by atoms with Gasteiger partial charge in [-0.15, -0.1) is 0 Å². The Labute approximate surface area is 169 Å². The Kier molecular flexibility index (Phi) is 7.89. The summed E-state index contributed by atoms with van der Waals surface area (Å²) in [7, 11) is 0. The number of hydrogen-bond donors (Lipinski definition) is 4. The molecule has 0 radical (unpaired) electrons. The molecular formula is C21H24ClN3O3. The molecule has 0 spiro atoms. The highest BCUT2D eigenvalue weighted by Gasteiger charge is 2.11. The van der Waals surface area contributed by atoms with Crippen molar-refractivity contribution in [2.24, 2.45) is 0 Å². The molecule has 0 aliphatic carbocycles. The molecule has 0 saturated carbocycles. The molecule has 28 heavy (non-hydrogen) atoms. The first-order valence-electron chi connectivity index (χ1n) is 9.09. The van der Waals surface area contributed by atoms with E-state index in [9.17, 15) is 14.7 Å². The van der Waals surface area contributed by atoms with E-state index < -0.39 is 6.03 Å². The van der Waals surface area contributed by atoms with Crippen molar-refractivity contribution in [2.75, 3.05) is 16.0 Å². The summed E-state index contributed by atoms with van der Waals surface area (Å²) < 4.78 is 0. The third-order valence-corrected chi connectivity index (χ3v) is 4.12. The van der Waals surface area contributed by atoms with Gasteiger partial charge in [0.05, 0.1) is 5.69 Å². The summed E-state index contributed by atoms with van der Waals surface area (Å²) in [5.41, 5.74) is 1.96. The topological polar surface area (TPSA) is 90.5 Å². The molecule has 4 N–H and O–H groups in total. The van der Waals surface area contributed by atoms with E-state index in [4.69, 9.17) is 11.6 Å². The van der Waals surface area contributed by atoms with Crippen molar-refractivity contribution >= 4 is 40.6 Å². The molecule has 0 fully saturated rings. The molecule has 148 valence electrons. The van der Waals surface area contributed by atoms with Crippen molar-refractivity contribution in [2.45, 2.75) is 33.1 Å². The summed E-state index contributed by atoms with van der Waals surface area (Å²) >= 11 is 5.81. The molecule has 0 bridgehead atoms. The number of halogens is 1. The number of rotatable bonds is 7. The van der Waals surface area contributed by atoms with Crippen LogP contribution < -0.4 is 16.0 Å². The molecule has 2 rings (SSSR count). The summed E-state index contributed by atoms with van der Waals surface area (Å²) in [6.07, 6.45) is 4.24. The van der Waals surface area contributed by atoms with Crippen LogP contribution in [0.25, 0.3) is 0 Å². The minimum Gasteiger partial charge on any atom is -0.506 e. The average Bonchev–Trinajstić information content (AvgIpc) is 2.65. The average molecular weight is 402 g/mol. The van der Waals surface area contributed by atoms with Gasteiger partial charge >= 0.3 is 6.03 Å². The lowest BCUT2D eigenvalue weighted by Crippen LogP contribution is -2.19. The van der Waals surface area contributed by atoms with E-state index in [1.807, 2.05) is 19.9 Å². The van der Waals surface area contributed by atoms with Crippen LogP contribution in [0.15, 0.2) is 54.1 Å². The maximum absolute atomic E-state index is 12.3. The summed E-state index contributed by atoms with van der Waals surface area (Å²) in [6, 6.07) is 10.7. The standard InChI is InChI=1S/C21H24ClN3O3/c1-3-5-14(6-4-2)20(27)23-17-11-12-18(19(26)13-17)25-21(28)24-16-9-7-15(22)8-10-16/h5,7-13,26H,3-4,6H2,1-2H3,(H,23,27)(H2,24,25,28)/b14-5-. The second-order valence-corrected chi connectivity index (χ2v) is 6.60. The summed E-state index contributed by atoms with van der Waals surface area (Å²) in [4.78, 5) is 24.4. The zero-order valence-electron chi connectivity index (χ0n) is 15.9. The van der Waals surface area contributed by atoms with Crippen molar-refractivity contribution in [1.82, 2.24) is 0 Å². The lowest BCUT2D eigenvalue weighted by atomic mass is 10.1. The normalized spacial score (nSPS) is 11.0. The fourth-order valence-electron chi connectivity index (χ4n) is 2.57. The van der Waals surface area contributed by atoms with Gasteiger partial charge in [-0.05, 0) is 49.2 Å². The predicted molar refractivity (Wildman–Crippen MR) is 114 cm³/mol. The number of amides is 3. The van der Waals surface area contributed by atoms with E-state index in [2.05, 4.69) is 16.0 Å². The van der Waals surface area contributed by atoms with Crippen LogP contribution in [0.1, 0.15) is 33.1 Å². The predicted octanol–water partition coefficient (Wildman–Crippen LogP) is 5.76. The molecule has 2 aromatic rings. The van der Waals surface area contributed by atoms with Crippen molar-refractivity contribution in [3.8, 4) is 5.75 Å². The molecule has 0 saturated heterocycles. The van der Waals surface area contributed by atoms with Crippen molar-refractivity contribution in [1.29, 1.82) is 0 Å². The van der Waals surface area contributed by atoms with Crippen LogP contribution in [-0.4, -0.2) is 17.0 Å². The van der Waals surface area contributed by atoms with Gasteiger partial charge in [0.2, 0.25) is 0 Å². The first-order valence-corrected chi connectivity index (χ1v) is 9.47. The molecule has 7 heteroatoms. The van der Waals surface area contributed by atoms with Crippen LogP contribution in [0.5, 0.6) is 5.75 Å². The van der Waals surface area contributed by atoms with Crippen molar-refractivity contribution in [3.05, 3.63) is 59.1 Å². The smallest absolute Gasteiger partial charge is 0.323 e. The zero-order valence-corrected chi connectivity index (χ0v) is 16.6. The molecular weight excluding hydrogens is 378 g/mol. The second kappa shape index (κ2) is 10.4. The van der Waals surface area contributed by atoms with Crippen LogP contribution in [0.4, 0.5) is 21.9 Å². The fourth-order valence-corrected chi connectivity index (χ4v) is 2.69. The molecule has 6 nitrogen and oxygen atoms in total. The van der Waals surface area contributed by atoms with Gasteiger partial charge in [0.25, 0.3) is 5.91 Å². The highest BCUT2D eigenvalue weighted by molar-refractivity contribution is 6.30. The molecule has 3 amide bonds. The third kappa shape index (κ3) is 6.32. The number of phenolic OH excluding ortho intramolecular Hbond substituents is 1. The first-order chi connectivity index (χ1) is 13.4. The zero-order chi connectivity index (χ0) is 20.5. The maximum atomic E-state index is 12.3. The molecule has 0 atom stereocenters. The number of carbonyl (C=O) groups excluding carboxylic acids is 2. The molecule has 2 aromatic carbocycles. The minimum absolute atomic E-state index is 0.152. The summed E-state index contributed by atoms with van der Waals surface area (Å²) in [5, 5.41) is 18.7. The number of nitrogens with one attached hydrogen (secondary N) is 3. The van der Waals surface area contributed by atoms with E-state index in [1.165, 1.54) is 12.1 Å². The van der Waals surface area contributed by atoms with Crippen molar-refractivity contribution in [3.63, 3.8) is 0 Å². The molecule has 0 unspecified atom stereocenters. The monoisotopic (exact) mass is 401 g/mol. The lowest BCUT2D eigenvalue weighted by molar-refractivity contribution is -0.113. The fraction of sp³-hybridized carbons (Fsp3) is 0.238. The number of hydrogen-bond acceptors (Lipinski definition) is 3. The largest absolute Gasteiger partial charge is 0.506 e. The number of aromatic hydroxyl groups is 1. The van der Waals surface area contributed by atoms with Gasteiger partial charge in [-0.3, -0.25) is 4.79 Å². The Morgan fingerprint density at radius 2 is 1.68 bits per heavy atom. The Bertz CT molecular complexity index is 864. The molecule has 0 heterocycles. The number of allylic oxidation sites excluding steroid dienone is 1. The van der Waals surface area contributed by atoms with E-state index in [0.717, 1.165) is 12.8 Å². The molecule has 0 aliphatic heterocycles. The first kappa shape index (κ1) is 21.3. The van der Waals surface area contributed by atoms with Gasteiger partial charge in [0.1, 0.15) is 5.75 Å². The van der Waals surface area contributed by atoms with E-state index in [1.54, 1.807) is 30.3 Å². The van der Waals surface area contributed by atoms with Crippen LogP contribution in [0.2, 0.25) is 5.02 Å². The van der Waals surface area contributed by atoms with Gasteiger partial charge in [-0.2, -0.15) is 0 Å². The van der Waals surface area contributed by atoms with Crippen LogP contribution in [0.3, 0.4) is 0 Å². The van der Waals surface area contributed by atoms with Gasteiger partial charge in [-0.1, -0.05) is 37.9 Å². The van der Waals surface area contributed by atoms with E-state index in [0.29, 0.717) is 28.4 Å². The van der Waals surface area contributed by atoms with Gasteiger partial charge in [0, 0.05) is 28.0 Å². The molecule has 0 aromatic heterocycles. The SMILES string of the molecule is CC/C=C(/CCC)C(=O)Nc1ccc(NC(=O)Nc2ccc(Cl)cc2)c(O)c1. The Hall–Kier alpha value is -2.99. The van der Waals surface area contributed by atoms with Crippen LogP contribution >= 0.6 is 11.6 Å². The number of carbonyl (C=O) groups is 2. The van der Waals surface area contributed by atoms with Crippen molar-refractivity contribution < 1.29 is 14.7 Å². The Morgan fingerprint density at radius 3 is 2.29 bits per heavy atom. The minimum atomic E-state index is -0.509. The second-order valence-electron chi connectivity index (χ2n) is 6.16. The summed E-state index contributed by atoms with van der Waals surface area (Å²) in [5.74, 6) is -0.343. The van der Waals surface area contributed by atoms with Gasteiger partial charge < -0.3 is 21.1 Å². The lowest BCUT2D eigenvalue weighted by Gasteiger charge is -2.12. The maximum Gasteiger partial charge on any atom is 0.323 e. The number of anilines is 3. The molecule has 0 aliphatic rings.